The normalized spacial score (nSPS) is 12.8. The standard InChI is InChI=1S/C9H13ClN2S/c1-13-6-8(11)4-7-2-3-12-5-9(7)10/h2-3,5,8H,4,6,11H2,1H3. The van der Waals surface area contributed by atoms with Crippen molar-refractivity contribution in [1.82, 2.24) is 4.98 Å². The number of halogens is 1. The van der Waals surface area contributed by atoms with Gasteiger partial charge in [0.1, 0.15) is 0 Å². The van der Waals surface area contributed by atoms with Crippen molar-refractivity contribution < 1.29 is 0 Å². The summed E-state index contributed by atoms with van der Waals surface area (Å²) in [7, 11) is 0. The van der Waals surface area contributed by atoms with Crippen molar-refractivity contribution in [2.45, 2.75) is 12.5 Å². The van der Waals surface area contributed by atoms with Crippen LogP contribution in [-0.2, 0) is 6.42 Å². The van der Waals surface area contributed by atoms with E-state index in [0.717, 1.165) is 17.7 Å². The van der Waals surface area contributed by atoms with Gasteiger partial charge in [-0.1, -0.05) is 11.6 Å². The van der Waals surface area contributed by atoms with Crippen LogP contribution in [0, 0.1) is 0 Å². The minimum Gasteiger partial charge on any atom is -0.327 e. The number of hydrogen-bond acceptors (Lipinski definition) is 3. The number of nitrogens with zero attached hydrogens (tertiary/aromatic N) is 1. The minimum atomic E-state index is 0.176. The fraction of sp³-hybridized carbons (Fsp3) is 0.444. The maximum Gasteiger partial charge on any atom is 0.0621 e. The third-order valence-electron chi connectivity index (χ3n) is 1.72. The summed E-state index contributed by atoms with van der Waals surface area (Å²) in [5.74, 6) is 0.957. The van der Waals surface area contributed by atoms with Crippen LogP contribution >= 0.6 is 23.4 Å². The number of nitrogens with two attached hydrogens (primary N) is 1. The van der Waals surface area contributed by atoms with E-state index < -0.39 is 0 Å². The van der Waals surface area contributed by atoms with Gasteiger partial charge >= 0.3 is 0 Å². The van der Waals surface area contributed by atoms with Crippen LogP contribution in [0.2, 0.25) is 5.02 Å². The Labute approximate surface area is 87.9 Å². The van der Waals surface area contributed by atoms with E-state index in [1.807, 2.05) is 12.3 Å². The molecule has 1 atom stereocenters. The van der Waals surface area contributed by atoms with Crippen molar-refractivity contribution in [2.75, 3.05) is 12.0 Å². The molecule has 0 aliphatic rings. The zero-order valence-corrected chi connectivity index (χ0v) is 9.11. The molecular weight excluding hydrogens is 204 g/mol. The van der Waals surface area contributed by atoms with Crippen molar-refractivity contribution in [2.24, 2.45) is 5.73 Å². The number of hydrogen-bond donors (Lipinski definition) is 1. The summed E-state index contributed by atoms with van der Waals surface area (Å²) in [4.78, 5) is 3.92. The molecule has 0 aliphatic heterocycles. The molecule has 0 radical (unpaired) electrons. The van der Waals surface area contributed by atoms with Crippen LogP contribution in [0.1, 0.15) is 5.56 Å². The largest absolute Gasteiger partial charge is 0.327 e. The highest BCUT2D eigenvalue weighted by Crippen LogP contribution is 2.15. The predicted octanol–water partition coefficient (Wildman–Crippen LogP) is 1.97. The van der Waals surface area contributed by atoms with E-state index in [9.17, 15) is 0 Å². The molecule has 0 saturated carbocycles. The van der Waals surface area contributed by atoms with Gasteiger partial charge in [-0.15, -0.1) is 0 Å². The molecule has 13 heavy (non-hydrogen) atoms. The Morgan fingerprint density at radius 1 is 1.69 bits per heavy atom. The van der Waals surface area contributed by atoms with Crippen LogP contribution in [0.15, 0.2) is 18.5 Å². The molecule has 72 valence electrons. The van der Waals surface area contributed by atoms with Crippen LogP contribution in [-0.4, -0.2) is 23.0 Å². The molecule has 2 nitrogen and oxygen atoms in total. The molecule has 1 aromatic rings. The van der Waals surface area contributed by atoms with Gasteiger partial charge in [-0.25, -0.2) is 0 Å². The summed E-state index contributed by atoms with van der Waals surface area (Å²) in [6.07, 6.45) is 6.27. The van der Waals surface area contributed by atoms with Crippen LogP contribution in [0.3, 0.4) is 0 Å². The Balaban J connectivity index is 2.58. The van der Waals surface area contributed by atoms with E-state index in [1.165, 1.54) is 0 Å². The van der Waals surface area contributed by atoms with Gasteiger partial charge in [0, 0.05) is 24.2 Å². The van der Waals surface area contributed by atoms with E-state index in [4.69, 9.17) is 17.3 Å². The second-order valence-electron chi connectivity index (χ2n) is 2.89. The Kier molecular flexibility index (Phi) is 4.56. The molecule has 4 heteroatoms. The first kappa shape index (κ1) is 10.8. The summed E-state index contributed by atoms with van der Waals surface area (Å²) in [6, 6.07) is 2.09. The summed E-state index contributed by atoms with van der Waals surface area (Å²) >= 11 is 7.69. The maximum atomic E-state index is 5.94. The molecule has 2 N–H and O–H groups in total. The van der Waals surface area contributed by atoms with E-state index in [1.54, 1.807) is 24.2 Å². The number of pyridine rings is 1. The van der Waals surface area contributed by atoms with Crippen LogP contribution in [0.25, 0.3) is 0 Å². The topological polar surface area (TPSA) is 38.9 Å². The Bertz CT molecular complexity index is 268. The van der Waals surface area contributed by atoms with Crippen LogP contribution in [0.4, 0.5) is 0 Å². The first-order chi connectivity index (χ1) is 6.24. The molecule has 1 unspecified atom stereocenters. The lowest BCUT2D eigenvalue weighted by molar-refractivity contribution is 0.748. The van der Waals surface area contributed by atoms with Gasteiger partial charge in [0.05, 0.1) is 5.02 Å². The van der Waals surface area contributed by atoms with Crippen molar-refractivity contribution in [1.29, 1.82) is 0 Å². The zero-order chi connectivity index (χ0) is 9.68. The molecule has 0 saturated heterocycles. The fourth-order valence-corrected chi connectivity index (χ4v) is 1.87. The molecule has 0 spiro atoms. The first-order valence-electron chi connectivity index (χ1n) is 4.07. The molecule has 1 aromatic heterocycles. The van der Waals surface area contributed by atoms with Crippen molar-refractivity contribution in [3.63, 3.8) is 0 Å². The third-order valence-corrected chi connectivity index (χ3v) is 2.82. The summed E-state index contributed by atoms with van der Waals surface area (Å²) in [5, 5.41) is 0.707. The van der Waals surface area contributed by atoms with Gasteiger partial charge in [-0.3, -0.25) is 4.98 Å². The summed E-state index contributed by atoms with van der Waals surface area (Å²) < 4.78 is 0. The minimum absolute atomic E-state index is 0.176. The van der Waals surface area contributed by atoms with Gasteiger partial charge in [0.15, 0.2) is 0 Å². The lowest BCUT2D eigenvalue weighted by Gasteiger charge is -2.10. The number of thioether (sulfide) groups is 1. The maximum absolute atomic E-state index is 5.94. The Morgan fingerprint density at radius 2 is 2.46 bits per heavy atom. The fourth-order valence-electron chi connectivity index (χ4n) is 1.13. The highest BCUT2D eigenvalue weighted by Gasteiger charge is 2.05. The molecule has 0 aliphatic carbocycles. The van der Waals surface area contributed by atoms with E-state index in [2.05, 4.69) is 4.98 Å². The van der Waals surface area contributed by atoms with Gasteiger partial charge in [0.25, 0.3) is 0 Å². The summed E-state index contributed by atoms with van der Waals surface area (Å²) in [5.41, 5.74) is 6.97. The van der Waals surface area contributed by atoms with Crippen molar-refractivity contribution >= 4 is 23.4 Å². The Morgan fingerprint density at radius 3 is 3.08 bits per heavy atom. The quantitative estimate of drug-likeness (QED) is 0.837. The average molecular weight is 217 g/mol. The molecular formula is C9H13ClN2S. The van der Waals surface area contributed by atoms with Crippen molar-refractivity contribution in [3.05, 3.63) is 29.0 Å². The zero-order valence-electron chi connectivity index (χ0n) is 7.53. The smallest absolute Gasteiger partial charge is 0.0621 e. The molecule has 0 bridgehead atoms. The summed E-state index contributed by atoms with van der Waals surface area (Å²) in [6.45, 7) is 0. The molecule has 0 aromatic carbocycles. The molecule has 1 heterocycles. The highest BCUT2D eigenvalue weighted by molar-refractivity contribution is 7.98. The van der Waals surface area contributed by atoms with Gasteiger partial charge < -0.3 is 5.73 Å². The average Bonchev–Trinajstić information content (AvgIpc) is 2.09. The van der Waals surface area contributed by atoms with Gasteiger partial charge in [0.2, 0.25) is 0 Å². The van der Waals surface area contributed by atoms with Crippen molar-refractivity contribution in [3.8, 4) is 0 Å². The second kappa shape index (κ2) is 5.47. The highest BCUT2D eigenvalue weighted by atomic mass is 35.5. The monoisotopic (exact) mass is 216 g/mol. The molecule has 0 fully saturated rings. The number of rotatable bonds is 4. The van der Waals surface area contributed by atoms with Crippen LogP contribution < -0.4 is 5.73 Å². The predicted molar refractivity (Wildman–Crippen MR) is 59.3 cm³/mol. The van der Waals surface area contributed by atoms with Gasteiger partial charge in [-0.2, -0.15) is 11.8 Å². The van der Waals surface area contributed by atoms with E-state index >= 15 is 0 Å². The lowest BCUT2D eigenvalue weighted by Crippen LogP contribution is -2.25. The third kappa shape index (κ3) is 3.55. The first-order valence-corrected chi connectivity index (χ1v) is 5.84. The SMILES string of the molecule is CSCC(N)Cc1ccncc1Cl. The second-order valence-corrected chi connectivity index (χ2v) is 4.20. The lowest BCUT2D eigenvalue weighted by atomic mass is 10.1. The molecule has 1 rings (SSSR count). The van der Waals surface area contributed by atoms with Gasteiger partial charge in [-0.05, 0) is 24.3 Å². The number of aromatic nitrogens is 1. The van der Waals surface area contributed by atoms with E-state index in [0.29, 0.717) is 5.02 Å². The molecule has 0 amide bonds. The Hall–Kier alpha value is -0.250. The van der Waals surface area contributed by atoms with E-state index in [-0.39, 0.29) is 6.04 Å². The van der Waals surface area contributed by atoms with Crippen LogP contribution in [0.5, 0.6) is 0 Å².